The van der Waals surface area contributed by atoms with Gasteiger partial charge in [-0.1, -0.05) is 12.2 Å². The van der Waals surface area contributed by atoms with Crippen LogP contribution in [0.15, 0.2) is 12.2 Å². The Balaban J connectivity index is 2.43. The van der Waals surface area contributed by atoms with Crippen molar-refractivity contribution in [3.05, 3.63) is 12.2 Å². The average Bonchev–Trinajstić information content (AvgIpc) is 2.05. The molecular weight excluding hydrogens is 126 g/mol. The van der Waals surface area contributed by atoms with Crippen molar-refractivity contribution in [2.75, 3.05) is 6.54 Å². The molecule has 2 heteroatoms. The maximum atomic E-state index is 10.3. The van der Waals surface area contributed by atoms with Crippen LogP contribution in [-0.4, -0.2) is 12.8 Å². The van der Waals surface area contributed by atoms with Gasteiger partial charge in [-0.05, 0) is 25.3 Å². The van der Waals surface area contributed by atoms with Crippen molar-refractivity contribution in [3.63, 3.8) is 0 Å². The Labute approximate surface area is 61.1 Å². The smallest absolute Gasteiger partial charge is 0.126 e. The molecule has 0 aromatic heterocycles. The summed E-state index contributed by atoms with van der Waals surface area (Å²) < 4.78 is 0. The number of rotatable bonds is 2. The van der Waals surface area contributed by atoms with E-state index in [1.165, 1.54) is 0 Å². The zero-order valence-electron chi connectivity index (χ0n) is 5.99. The predicted octanol–water partition coefficient (Wildman–Crippen LogP) is 0.726. The van der Waals surface area contributed by atoms with E-state index >= 15 is 0 Å². The molecule has 0 radical (unpaired) electrons. The van der Waals surface area contributed by atoms with Crippen molar-refractivity contribution >= 4 is 6.29 Å². The van der Waals surface area contributed by atoms with E-state index in [4.69, 9.17) is 5.73 Å². The lowest BCUT2D eigenvalue weighted by atomic mass is 9.89. The molecule has 0 spiro atoms. The van der Waals surface area contributed by atoms with Gasteiger partial charge in [0.25, 0.3) is 0 Å². The van der Waals surface area contributed by atoms with Gasteiger partial charge in [-0.3, -0.25) is 0 Å². The normalized spacial score (nSPS) is 32.1. The van der Waals surface area contributed by atoms with E-state index < -0.39 is 0 Å². The largest absolute Gasteiger partial charge is 0.330 e. The summed E-state index contributed by atoms with van der Waals surface area (Å²) in [4.78, 5) is 10.3. The molecule has 0 aromatic rings. The zero-order valence-corrected chi connectivity index (χ0v) is 5.99. The van der Waals surface area contributed by atoms with Crippen molar-refractivity contribution in [2.45, 2.75) is 12.8 Å². The summed E-state index contributed by atoms with van der Waals surface area (Å²) in [6.45, 7) is 0.710. The summed E-state index contributed by atoms with van der Waals surface area (Å²) in [5.74, 6) is 0.666. The highest BCUT2D eigenvalue weighted by Crippen LogP contribution is 2.19. The van der Waals surface area contributed by atoms with Crippen LogP contribution < -0.4 is 5.73 Å². The maximum Gasteiger partial charge on any atom is 0.126 e. The Kier molecular flexibility index (Phi) is 2.63. The third kappa shape index (κ3) is 1.67. The predicted molar refractivity (Wildman–Crippen MR) is 40.5 cm³/mol. The highest BCUT2D eigenvalue weighted by Gasteiger charge is 2.12. The molecule has 1 aliphatic carbocycles. The molecule has 2 nitrogen and oxygen atoms in total. The van der Waals surface area contributed by atoms with E-state index in [2.05, 4.69) is 6.08 Å². The minimum Gasteiger partial charge on any atom is -0.330 e. The lowest BCUT2D eigenvalue weighted by Crippen LogP contribution is -2.17. The van der Waals surface area contributed by atoms with Gasteiger partial charge in [0, 0.05) is 5.92 Å². The molecule has 0 saturated carbocycles. The number of nitrogens with two attached hydrogens (primary N) is 1. The van der Waals surface area contributed by atoms with Crippen molar-refractivity contribution in [2.24, 2.45) is 17.6 Å². The van der Waals surface area contributed by atoms with Gasteiger partial charge in [0.2, 0.25) is 0 Å². The van der Waals surface area contributed by atoms with Crippen LogP contribution in [0, 0.1) is 11.8 Å². The van der Waals surface area contributed by atoms with Crippen molar-refractivity contribution < 1.29 is 4.79 Å². The fourth-order valence-electron chi connectivity index (χ4n) is 1.21. The molecule has 1 rings (SSSR count). The Morgan fingerprint density at radius 3 is 2.70 bits per heavy atom. The molecule has 2 unspecified atom stereocenters. The van der Waals surface area contributed by atoms with Gasteiger partial charge in [-0.25, -0.2) is 0 Å². The summed E-state index contributed by atoms with van der Waals surface area (Å²) in [5, 5.41) is 0. The second-order valence-electron chi connectivity index (χ2n) is 2.76. The number of hydrogen-bond acceptors (Lipinski definition) is 2. The summed E-state index contributed by atoms with van der Waals surface area (Å²) in [6, 6.07) is 0. The first-order valence-corrected chi connectivity index (χ1v) is 3.70. The van der Waals surface area contributed by atoms with Crippen molar-refractivity contribution in [3.8, 4) is 0 Å². The Bertz CT molecular complexity index is 142. The topological polar surface area (TPSA) is 43.1 Å². The van der Waals surface area contributed by atoms with E-state index in [9.17, 15) is 4.79 Å². The monoisotopic (exact) mass is 139 g/mol. The van der Waals surface area contributed by atoms with E-state index in [0.29, 0.717) is 12.5 Å². The second-order valence-corrected chi connectivity index (χ2v) is 2.76. The van der Waals surface area contributed by atoms with E-state index in [-0.39, 0.29) is 5.92 Å². The second kappa shape index (κ2) is 3.52. The Hall–Kier alpha value is -0.630. The van der Waals surface area contributed by atoms with Gasteiger partial charge >= 0.3 is 0 Å². The molecule has 0 aromatic carbocycles. The van der Waals surface area contributed by atoms with Gasteiger partial charge in [-0.15, -0.1) is 0 Å². The van der Waals surface area contributed by atoms with Crippen LogP contribution in [-0.2, 0) is 4.79 Å². The number of carbonyl (C=O) groups excluding carboxylic acids is 1. The van der Waals surface area contributed by atoms with Crippen LogP contribution in [0.3, 0.4) is 0 Å². The molecule has 0 fully saturated rings. The maximum absolute atomic E-state index is 10.3. The van der Waals surface area contributed by atoms with E-state index in [1.54, 1.807) is 0 Å². The van der Waals surface area contributed by atoms with E-state index in [0.717, 1.165) is 19.1 Å². The van der Waals surface area contributed by atoms with Crippen LogP contribution in [0.25, 0.3) is 0 Å². The van der Waals surface area contributed by atoms with Gasteiger partial charge in [0.15, 0.2) is 0 Å². The molecule has 0 heterocycles. The molecule has 2 N–H and O–H groups in total. The van der Waals surface area contributed by atoms with Crippen LogP contribution in [0.1, 0.15) is 12.8 Å². The van der Waals surface area contributed by atoms with Crippen molar-refractivity contribution in [1.82, 2.24) is 0 Å². The molecule has 0 saturated heterocycles. The van der Waals surface area contributed by atoms with E-state index in [1.807, 2.05) is 6.08 Å². The molecule has 10 heavy (non-hydrogen) atoms. The third-order valence-corrected chi connectivity index (χ3v) is 1.98. The van der Waals surface area contributed by atoms with Gasteiger partial charge < -0.3 is 10.5 Å². The van der Waals surface area contributed by atoms with Gasteiger partial charge in [0.1, 0.15) is 6.29 Å². The van der Waals surface area contributed by atoms with Crippen LogP contribution in [0.4, 0.5) is 0 Å². The lowest BCUT2D eigenvalue weighted by molar-refractivity contribution is -0.110. The lowest BCUT2D eigenvalue weighted by Gasteiger charge is -2.17. The number of carbonyl (C=O) groups is 1. The van der Waals surface area contributed by atoms with Gasteiger partial charge in [0.05, 0.1) is 0 Å². The first-order valence-electron chi connectivity index (χ1n) is 3.70. The highest BCUT2D eigenvalue weighted by molar-refractivity contribution is 5.56. The standard InChI is InChI=1S/C8H13NO/c9-5-7-1-3-8(6-10)4-2-7/h1,3,6-8H,2,4-5,9H2. The Morgan fingerprint density at radius 2 is 2.30 bits per heavy atom. The van der Waals surface area contributed by atoms with Gasteiger partial charge in [-0.2, -0.15) is 0 Å². The quantitative estimate of drug-likeness (QED) is 0.452. The zero-order chi connectivity index (χ0) is 7.40. The third-order valence-electron chi connectivity index (χ3n) is 1.98. The molecule has 0 bridgehead atoms. The van der Waals surface area contributed by atoms with Crippen LogP contribution >= 0.6 is 0 Å². The molecule has 56 valence electrons. The minimum atomic E-state index is 0.155. The van der Waals surface area contributed by atoms with Crippen molar-refractivity contribution in [1.29, 1.82) is 0 Å². The summed E-state index contributed by atoms with van der Waals surface area (Å²) in [5.41, 5.74) is 5.45. The molecular formula is C8H13NO. The fraction of sp³-hybridized carbons (Fsp3) is 0.625. The number of allylic oxidation sites excluding steroid dienone is 1. The molecule has 0 amide bonds. The molecule has 2 atom stereocenters. The fourth-order valence-corrected chi connectivity index (χ4v) is 1.21. The summed E-state index contributed by atoms with van der Waals surface area (Å²) >= 11 is 0. The highest BCUT2D eigenvalue weighted by atomic mass is 16.1. The SMILES string of the molecule is NCC1C=CC(C=O)CC1. The number of aldehydes is 1. The minimum absolute atomic E-state index is 0.155. The first-order chi connectivity index (χ1) is 4.86. The first kappa shape index (κ1) is 7.48. The molecule has 0 aliphatic heterocycles. The number of hydrogen-bond donors (Lipinski definition) is 1. The Morgan fingerprint density at radius 1 is 1.50 bits per heavy atom. The molecule has 1 aliphatic rings. The summed E-state index contributed by atoms with van der Waals surface area (Å²) in [7, 11) is 0. The van der Waals surface area contributed by atoms with Crippen LogP contribution in [0.5, 0.6) is 0 Å². The average molecular weight is 139 g/mol. The summed E-state index contributed by atoms with van der Waals surface area (Å²) in [6.07, 6.45) is 7.07. The van der Waals surface area contributed by atoms with Crippen LogP contribution in [0.2, 0.25) is 0 Å².